The van der Waals surface area contributed by atoms with E-state index in [0.717, 1.165) is 34.4 Å². The van der Waals surface area contributed by atoms with Crippen LogP contribution in [-0.4, -0.2) is 31.8 Å². The molecule has 0 spiro atoms. The van der Waals surface area contributed by atoms with Gasteiger partial charge in [-0.25, -0.2) is 4.99 Å². The largest absolute Gasteiger partial charge is 0.502 e. The summed E-state index contributed by atoms with van der Waals surface area (Å²) < 4.78 is 16.4. The number of hydrogen-bond acceptors (Lipinski definition) is 5. The van der Waals surface area contributed by atoms with Crippen molar-refractivity contribution < 1.29 is 19.0 Å². The van der Waals surface area contributed by atoms with Crippen LogP contribution in [0.5, 0.6) is 17.2 Å². The molecule has 0 aliphatic heterocycles. The molecule has 154 valence electrons. The Balaban J connectivity index is 1.75. The first-order valence-electron chi connectivity index (χ1n) is 9.50. The maximum Gasteiger partial charge on any atom is 0.200 e. The van der Waals surface area contributed by atoms with Crippen LogP contribution in [-0.2, 0) is 13.1 Å². The summed E-state index contributed by atoms with van der Waals surface area (Å²) in [5.74, 6) is 2.23. The van der Waals surface area contributed by atoms with Gasteiger partial charge in [-0.3, -0.25) is 0 Å². The molecule has 3 rings (SSSR count). The fourth-order valence-electron chi connectivity index (χ4n) is 3.11. The molecule has 1 heterocycles. The van der Waals surface area contributed by atoms with Crippen LogP contribution in [0.3, 0.4) is 0 Å². The van der Waals surface area contributed by atoms with Crippen LogP contribution in [0.2, 0.25) is 0 Å². The van der Waals surface area contributed by atoms with Crippen molar-refractivity contribution in [3.63, 3.8) is 0 Å². The first-order valence-corrected chi connectivity index (χ1v) is 9.50. The lowest BCUT2D eigenvalue weighted by Gasteiger charge is -2.12. The Morgan fingerprint density at radius 1 is 1.10 bits per heavy atom. The van der Waals surface area contributed by atoms with Crippen LogP contribution in [0.25, 0.3) is 11.0 Å². The molecule has 0 saturated carbocycles. The summed E-state index contributed by atoms with van der Waals surface area (Å²) in [6.07, 6.45) is 0. The number of nitrogens with zero attached hydrogens (tertiary/aromatic N) is 1. The summed E-state index contributed by atoms with van der Waals surface area (Å²) in [7, 11) is 3.01. The number of rotatable bonds is 7. The lowest BCUT2D eigenvalue weighted by Crippen LogP contribution is -2.36. The molecule has 0 atom stereocenters. The minimum atomic E-state index is -0.0203. The molecule has 0 saturated heterocycles. The van der Waals surface area contributed by atoms with Crippen LogP contribution >= 0.6 is 0 Å². The standard InChI is InChI=1S/C22H27N3O4/c1-5-23-22(24-12-15-10-18(27-3)21(26)19(11-15)28-4)25-13-20-14(2)16-8-6-7-9-17(16)29-20/h6-11,26H,5,12-13H2,1-4H3,(H2,23,24,25). The number of aromatic hydroxyl groups is 1. The predicted molar refractivity (Wildman–Crippen MR) is 114 cm³/mol. The van der Waals surface area contributed by atoms with Gasteiger partial charge in [0.1, 0.15) is 11.3 Å². The van der Waals surface area contributed by atoms with Gasteiger partial charge in [0.25, 0.3) is 0 Å². The van der Waals surface area contributed by atoms with E-state index in [4.69, 9.17) is 13.9 Å². The van der Waals surface area contributed by atoms with E-state index in [2.05, 4.69) is 28.6 Å². The summed E-state index contributed by atoms with van der Waals surface area (Å²) in [5.41, 5.74) is 2.86. The third kappa shape index (κ3) is 4.56. The normalized spacial score (nSPS) is 11.5. The quantitative estimate of drug-likeness (QED) is 0.416. The summed E-state index contributed by atoms with van der Waals surface area (Å²) in [4.78, 5) is 4.62. The van der Waals surface area contributed by atoms with Crippen molar-refractivity contribution in [1.29, 1.82) is 0 Å². The number of hydrogen-bond donors (Lipinski definition) is 3. The Labute approximate surface area is 170 Å². The van der Waals surface area contributed by atoms with Crippen LogP contribution in [0.1, 0.15) is 23.8 Å². The first kappa shape index (κ1) is 20.4. The number of aliphatic imine (C=N–C) groups is 1. The summed E-state index contributed by atoms with van der Waals surface area (Å²) in [6, 6.07) is 11.5. The third-order valence-corrected chi connectivity index (χ3v) is 4.66. The molecule has 0 unspecified atom stereocenters. The van der Waals surface area contributed by atoms with Gasteiger partial charge >= 0.3 is 0 Å². The number of fused-ring (bicyclic) bond motifs is 1. The predicted octanol–water partition coefficient (Wildman–Crippen LogP) is 3.72. The molecule has 29 heavy (non-hydrogen) atoms. The van der Waals surface area contributed by atoms with E-state index in [1.807, 2.05) is 25.1 Å². The fraction of sp³-hybridized carbons (Fsp3) is 0.318. The lowest BCUT2D eigenvalue weighted by atomic mass is 10.1. The van der Waals surface area contributed by atoms with Gasteiger partial charge in [0, 0.05) is 17.5 Å². The van der Waals surface area contributed by atoms with Crippen LogP contribution in [0, 0.1) is 6.92 Å². The van der Waals surface area contributed by atoms with Crippen molar-refractivity contribution in [2.75, 3.05) is 20.8 Å². The molecule has 0 fully saturated rings. The number of para-hydroxylation sites is 1. The highest BCUT2D eigenvalue weighted by molar-refractivity contribution is 5.83. The summed E-state index contributed by atoms with van der Waals surface area (Å²) in [5, 5.41) is 17.7. The maximum atomic E-state index is 10.1. The van der Waals surface area contributed by atoms with E-state index in [9.17, 15) is 5.11 Å². The van der Waals surface area contributed by atoms with Crippen molar-refractivity contribution in [2.24, 2.45) is 4.99 Å². The molecule has 3 aromatic rings. The van der Waals surface area contributed by atoms with E-state index in [1.165, 1.54) is 14.2 Å². The van der Waals surface area contributed by atoms with E-state index < -0.39 is 0 Å². The molecule has 1 aromatic heterocycles. The number of furan rings is 1. The number of aryl methyl sites for hydroxylation is 1. The second-order valence-corrected chi connectivity index (χ2v) is 6.54. The topological polar surface area (TPSA) is 88.3 Å². The van der Waals surface area contributed by atoms with Crippen molar-refractivity contribution in [2.45, 2.75) is 26.9 Å². The second-order valence-electron chi connectivity index (χ2n) is 6.54. The zero-order chi connectivity index (χ0) is 20.8. The zero-order valence-electron chi connectivity index (χ0n) is 17.2. The van der Waals surface area contributed by atoms with Gasteiger partial charge in [0.15, 0.2) is 17.5 Å². The van der Waals surface area contributed by atoms with Crippen molar-refractivity contribution in [3.8, 4) is 17.2 Å². The van der Waals surface area contributed by atoms with Crippen LogP contribution in [0.4, 0.5) is 0 Å². The molecule has 0 aliphatic rings. The Morgan fingerprint density at radius 3 is 2.41 bits per heavy atom. The molecule has 0 aliphatic carbocycles. The number of benzene rings is 2. The second kappa shape index (κ2) is 9.23. The summed E-state index contributed by atoms with van der Waals surface area (Å²) in [6.45, 7) is 5.71. The van der Waals surface area contributed by atoms with Gasteiger partial charge in [-0.05, 0) is 37.6 Å². The molecule has 0 bridgehead atoms. The highest BCUT2D eigenvalue weighted by Crippen LogP contribution is 2.37. The van der Waals surface area contributed by atoms with E-state index in [-0.39, 0.29) is 5.75 Å². The van der Waals surface area contributed by atoms with Crippen LogP contribution < -0.4 is 20.1 Å². The van der Waals surface area contributed by atoms with Gasteiger partial charge in [0.2, 0.25) is 5.75 Å². The van der Waals surface area contributed by atoms with E-state index in [0.29, 0.717) is 30.5 Å². The minimum Gasteiger partial charge on any atom is -0.502 e. The average molecular weight is 397 g/mol. The SMILES string of the molecule is CCNC(=NCc1cc(OC)c(O)c(OC)c1)NCc1oc2ccccc2c1C. The van der Waals surface area contributed by atoms with Crippen molar-refractivity contribution in [1.82, 2.24) is 10.6 Å². The maximum absolute atomic E-state index is 10.1. The smallest absolute Gasteiger partial charge is 0.200 e. The van der Waals surface area contributed by atoms with E-state index >= 15 is 0 Å². The lowest BCUT2D eigenvalue weighted by molar-refractivity contribution is 0.339. The molecule has 7 nitrogen and oxygen atoms in total. The van der Waals surface area contributed by atoms with Gasteiger partial charge in [-0.1, -0.05) is 18.2 Å². The van der Waals surface area contributed by atoms with Crippen LogP contribution in [0.15, 0.2) is 45.8 Å². The van der Waals surface area contributed by atoms with E-state index in [1.54, 1.807) is 12.1 Å². The number of nitrogens with one attached hydrogen (secondary N) is 2. The highest BCUT2D eigenvalue weighted by atomic mass is 16.5. The number of ether oxygens (including phenoxy) is 2. The van der Waals surface area contributed by atoms with Gasteiger partial charge in [-0.15, -0.1) is 0 Å². The minimum absolute atomic E-state index is 0.0203. The van der Waals surface area contributed by atoms with Crippen molar-refractivity contribution >= 4 is 16.9 Å². The average Bonchev–Trinajstić information content (AvgIpc) is 3.06. The molecule has 0 amide bonds. The van der Waals surface area contributed by atoms with Gasteiger partial charge in [-0.2, -0.15) is 0 Å². The highest BCUT2D eigenvalue weighted by Gasteiger charge is 2.12. The Kier molecular flexibility index (Phi) is 6.49. The number of phenols is 1. The van der Waals surface area contributed by atoms with Crippen molar-refractivity contribution in [3.05, 3.63) is 53.3 Å². The zero-order valence-corrected chi connectivity index (χ0v) is 17.2. The number of methoxy groups -OCH3 is 2. The third-order valence-electron chi connectivity index (χ3n) is 4.66. The molecule has 3 N–H and O–H groups in total. The molecular weight excluding hydrogens is 370 g/mol. The van der Waals surface area contributed by atoms with Gasteiger partial charge < -0.3 is 29.6 Å². The number of guanidine groups is 1. The summed E-state index contributed by atoms with van der Waals surface area (Å²) >= 11 is 0. The number of phenolic OH excluding ortho intramolecular Hbond substituents is 1. The molecular formula is C22H27N3O4. The Bertz CT molecular complexity index is 985. The Hall–Kier alpha value is -3.35. The monoisotopic (exact) mass is 397 g/mol. The fourth-order valence-corrected chi connectivity index (χ4v) is 3.11. The molecule has 0 radical (unpaired) electrons. The van der Waals surface area contributed by atoms with Gasteiger partial charge in [0.05, 0.1) is 27.3 Å². The molecule has 2 aromatic carbocycles. The first-order chi connectivity index (χ1) is 14.1. The Morgan fingerprint density at radius 2 is 1.79 bits per heavy atom. The molecule has 7 heteroatoms.